The van der Waals surface area contributed by atoms with Gasteiger partial charge in [-0.3, -0.25) is 4.79 Å². The van der Waals surface area contributed by atoms with E-state index < -0.39 is 6.10 Å². The standard InChI is InChI=1S/C12H14N2O2S/c1-16-10(7-13)12(15)14-9-2-3-11-8(6-9)4-5-17-11/h2-6,10H,7,13H2,1H3,(H,14,15). The molecule has 1 atom stereocenters. The molecule has 0 aliphatic rings. The third kappa shape index (κ3) is 2.63. The SMILES string of the molecule is COC(CN)C(=O)Nc1ccc2sccc2c1. The number of hydrogen-bond donors (Lipinski definition) is 2. The highest BCUT2D eigenvalue weighted by molar-refractivity contribution is 7.17. The number of thiophene rings is 1. The summed E-state index contributed by atoms with van der Waals surface area (Å²) in [6, 6.07) is 7.82. The molecule has 0 bridgehead atoms. The molecule has 0 radical (unpaired) electrons. The van der Waals surface area contributed by atoms with Gasteiger partial charge in [0.25, 0.3) is 5.91 Å². The van der Waals surface area contributed by atoms with Crippen molar-refractivity contribution in [3.8, 4) is 0 Å². The maximum atomic E-state index is 11.7. The van der Waals surface area contributed by atoms with Crippen molar-refractivity contribution in [3.05, 3.63) is 29.6 Å². The predicted molar refractivity (Wildman–Crippen MR) is 70.3 cm³/mol. The van der Waals surface area contributed by atoms with Crippen LogP contribution in [0.4, 0.5) is 5.69 Å². The molecule has 0 fully saturated rings. The summed E-state index contributed by atoms with van der Waals surface area (Å²) in [4.78, 5) is 11.7. The van der Waals surface area contributed by atoms with Gasteiger partial charge in [0.2, 0.25) is 0 Å². The molecule has 1 unspecified atom stereocenters. The number of methoxy groups -OCH3 is 1. The molecule has 1 amide bonds. The van der Waals surface area contributed by atoms with Crippen LogP contribution in [0.3, 0.4) is 0 Å². The Kier molecular flexibility index (Phi) is 3.73. The van der Waals surface area contributed by atoms with Crippen LogP contribution in [-0.4, -0.2) is 25.7 Å². The van der Waals surface area contributed by atoms with Crippen LogP contribution in [-0.2, 0) is 9.53 Å². The zero-order valence-corrected chi connectivity index (χ0v) is 10.3. The maximum Gasteiger partial charge on any atom is 0.254 e. The van der Waals surface area contributed by atoms with Gasteiger partial charge < -0.3 is 15.8 Å². The zero-order valence-electron chi connectivity index (χ0n) is 9.47. The molecule has 17 heavy (non-hydrogen) atoms. The first kappa shape index (κ1) is 12.0. The Morgan fingerprint density at radius 3 is 3.06 bits per heavy atom. The quantitative estimate of drug-likeness (QED) is 0.870. The zero-order chi connectivity index (χ0) is 12.3. The molecule has 90 valence electrons. The molecule has 1 heterocycles. The lowest BCUT2D eigenvalue weighted by Gasteiger charge is -2.12. The fraction of sp³-hybridized carbons (Fsp3) is 0.250. The van der Waals surface area contributed by atoms with Crippen LogP contribution in [0.1, 0.15) is 0 Å². The van der Waals surface area contributed by atoms with E-state index in [1.54, 1.807) is 11.3 Å². The van der Waals surface area contributed by atoms with Crippen LogP contribution in [0.25, 0.3) is 10.1 Å². The molecular weight excluding hydrogens is 236 g/mol. The molecule has 4 nitrogen and oxygen atoms in total. The normalized spacial score (nSPS) is 12.6. The van der Waals surface area contributed by atoms with Crippen molar-refractivity contribution in [1.82, 2.24) is 0 Å². The van der Waals surface area contributed by atoms with Gasteiger partial charge in [-0.1, -0.05) is 0 Å². The number of fused-ring (bicyclic) bond motifs is 1. The first-order chi connectivity index (χ1) is 8.24. The molecule has 0 aliphatic heterocycles. The largest absolute Gasteiger partial charge is 0.370 e. The van der Waals surface area contributed by atoms with Gasteiger partial charge in [-0.05, 0) is 35.0 Å². The number of carbonyl (C=O) groups excluding carboxylic acids is 1. The molecule has 0 saturated carbocycles. The minimum atomic E-state index is -0.604. The van der Waals surface area contributed by atoms with Gasteiger partial charge in [-0.25, -0.2) is 0 Å². The van der Waals surface area contributed by atoms with E-state index in [0.717, 1.165) is 11.1 Å². The van der Waals surface area contributed by atoms with E-state index in [9.17, 15) is 4.79 Å². The Labute approximate surface area is 103 Å². The van der Waals surface area contributed by atoms with Gasteiger partial charge in [0, 0.05) is 24.0 Å². The molecular formula is C12H14N2O2S. The maximum absolute atomic E-state index is 11.7. The van der Waals surface area contributed by atoms with Crippen LogP contribution >= 0.6 is 11.3 Å². The Morgan fingerprint density at radius 2 is 2.35 bits per heavy atom. The minimum Gasteiger partial charge on any atom is -0.370 e. The summed E-state index contributed by atoms with van der Waals surface area (Å²) in [5.74, 6) is -0.218. The van der Waals surface area contributed by atoms with Gasteiger partial charge in [-0.15, -0.1) is 11.3 Å². The lowest BCUT2D eigenvalue weighted by Crippen LogP contribution is -2.35. The number of benzene rings is 1. The summed E-state index contributed by atoms with van der Waals surface area (Å²) < 4.78 is 6.17. The summed E-state index contributed by atoms with van der Waals surface area (Å²) in [5, 5.41) is 5.93. The van der Waals surface area contributed by atoms with E-state index in [-0.39, 0.29) is 12.5 Å². The lowest BCUT2D eigenvalue weighted by molar-refractivity contribution is -0.125. The second kappa shape index (κ2) is 5.27. The monoisotopic (exact) mass is 250 g/mol. The van der Waals surface area contributed by atoms with Crippen LogP contribution < -0.4 is 11.1 Å². The van der Waals surface area contributed by atoms with Crippen molar-refractivity contribution >= 4 is 33.0 Å². The molecule has 0 saturated heterocycles. The molecule has 0 spiro atoms. The van der Waals surface area contributed by atoms with Crippen molar-refractivity contribution < 1.29 is 9.53 Å². The summed E-state index contributed by atoms with van der Waals surface area (Å²) >= 11 is 1.67. The van der Waals surface area contributed by atoms with Crippen molar-refractivity contribution in [1.29, 1.82) is 0 Å². The van der Waals surface area contributed by atoms with E-state index in [1.807, 2.05) is 29.6 Å². The van der Waals surface area contributed by atoms with Crippen LogP contribution in [0.15, 0.2) is 29.6 Å². The average Bonchev–Trinajstić information content (AvgIpc) is 2.77. The number of rotatable bonds is 4. The number of ether oxygens (including phenoxy) is 1. The van der Waals surface area contributed by atoms with Crippen molar-refractivity contribution in [3.63, 3.8) is 0 Å². The second-order valence-corrected chi connectivity index (χ2v) is 4.57. The van der Waals surface area contributed by atoms with Gasteiger partial charge in [-0.2, -0.15) is 0 Å². The van der Waals surface area contributed by atoms with E-state index in [4.69, 9.17) is 10.5 Å². The second-order valence-electron chi connectivity index (χ2n) is 3.62. The van der Waals surface area contributed by atoms with Crippen molar-refractivity contribution in [2.75, 3.05) is 19.0 Å². The van der Waals surface area contributed by atoms with Crippen LogP contribution in [0.2, 0.25) is 0 Å². The third-order valence-corrected chi connectivity index (χ3v) is 3.41. The predicted octanol–water partition coefficient (Wildman–Crippen LogP) is 1.81. The minimum absolute atomic E-state index is 0.170. The number of nitrogens with one attached hydrogen (secondary N) is 1. The summed E-state index contributed by atoms with van der Waals surface area (Å²) in [6.07, 6.45) is -0.604. The van der Waals surface area contributed by atoms with Gasteiger partial charge in [0.1, 0.15) is 6.10 Å². The first-order valence-corrected chi connectivity index (χ1v) is 6.13. The van der Waals surface area contributed by atoms with Crippen molar-refractivity contribution in [2.24, 2.45) is 5.73 Å². The van der Waals surface area contributed by atoms with Crippen LogP contribution in [0, 0.1) is 0 Å². The summed E-state index contributed by atoms with van der Waals surface area (Å²) in [5.41, 5.74) is 6.19. The molecule has 2 rings (SSSR count). The molecule has 5 heteroatoms. The fourth-order valence-corrected chi connectivity index (χ4v) is 2.35. The van der Waals surface area contributed by atoms with E-state index in [2.05, 4.69) is 5.32 Å². The number of anilines is 1. The average molecular weight is 250 g/mol. The number of amides is 1. The molecule has 2 aromatic rings. The third-order valence-electron chi connectivity index (χ3n) is 2.51. The Bertz CT molecular complexity index is 520. The van der Waals surface area contributed by atoms with Gasteiger partial charge in [0.05, 0.1) is 0 Å². The smallest absolute Gasteiger partial charge is 0.254 e. The van der Waals surface area contributed by atoms with E-state index in [1.165, 1.54) is 11.8 Å². The highest BCUT2D eigenvalue weighted by atomic mass is 32.1. The highest BCUT2D eigenvalue weighted by Gasteiger charge is 2.15. The Morgan fingerprint density at radius 1 is 1.53 bits per heavy atom. The Balaban J connectivity index is 2.14. The molecule has 0 aliphatic carbocycles. The molecule has 3 N–H and O–H groups in total. The Hall–Kier alpha value is -1.43. The number of carbonyl (C=O) groups is 1. The van der Waals surface area contributed by atoms with Gasteiger partial charge >= 0.3 is 0 Å². The van der Waals surface area contributed by atoms with Gasteiger partial charge in [0.15, 0.2) is 0 Å². The first-order valence-electron chi connectivity index (χ1n) is 5.25. The summed E-state index contributed by atoms with van der Waals surface area (Å²) in [6.45, 7) is 0.170. The topological polar surface area (TPSA) is 64.3 Å². The van der Waals surface area contributed by atoms with Crippen LogP contribution in [0.5, 0.6) is 0 Å². The van der Waals surface area contributed by atoms with Crippen molar-refractivity contribution in [2.45, 2.75) is 6.10 Å². The number of hydrogen-bond acceptors (Lipinski definition) is 4. The number of nitrogens with two attached hydrogens (primary N) is 1. The van der Waals surface area contributed by atoms with E-state index >= 15 is 0 Å². The fourth-order valence-electron chi connectivity index (χ4n) is 1.58. The lowest BCUT2D eigenvalue weighted by atomic mass is 10.2. The molecule has 1 aromatic carbocycles. The summed E-state index contributed by atoms with van der Waals surface area (Å²) in [7, 11) is 1.47. The van der Waals surface area contributed by atoms with E-state index in [0.29, 0.717) is 0 Å². The highest BCUT2D eigenvalue weighted by Crippen LogP contribution is 2.24. The molecule has 1 aromatic heterocycles.